The van der Waals surface area contributed by atoms with E-state index in [1.807, 2.05) is 0 Å². The van der Waals surface area contributed by atoms with Gasteiger partial charge in [-0.15, -0.1) is 0 Å². The first-order valence-corrected chi connectivity index (χ1v) is 7.59. The van der Waals surface area contributed by atoms with Gasteiger partial charge in [-0.3, -0.25) is 0 Å². The van der Waals surface area contributed by atoms with E-state index < -0.39 is 0 Å². The molecule has 1 heterocycles. The maximum Gasteiger partial charge on any atom is 0.0807 e. The fourth-order valence-electron chi connectivity index (χ4n) is 3.56. The van der Waals surface area contributed by atoms with Crippen LogP contribution in [0, 0.1) is 6.92 Å². The zero-order chi connectivity index (χ0) is 14.1. The molecule has 0 aliphatic heterocycles. The predicted octanol–water partition coefficient (Wildman–Crippen LogP) is 3.97. The Bertz CT molecular complexity index is 585. The maximum atomic E-state index is 10.2. The van der Waals surface area contributed by atoms with Crippen LogP contribution in [0.4, 0.5) is 0 Å². The summed E-state index contributed by atoms with van der Waals surface area (Å²) in [6.07, 6.45) is 3.87. The van der Waals surface area contributed by atoms with Crippen LogP contribution in [0.5, 0.6) is 0 Å². The van der Waals surface area contributed by atoms with Gasteiger partial charge in [0.2, 0.25) is 0 Å². The van der Waals surface area contributed by atoms with Gasteiger partial charge in [0.15, 0.2) is 0 Å². The van der Waals surface area contributed by atoms with E-state index in [1.165, 1.54) is 17.0 Å². The summed E-state index contributed by atoms with van der Waals surface area (Å²) in [5.41, 5.74) is 5.16. The standard InChI is InChI=1S/C18H23NO/c1-13(11-15-7-4-3-5-8-15)19-14(2)12-16-17(19)9-6-10-18(16)20/h3-5,7-8,12-13,18,20H,6,9-11H2,1-2H3. The third-order valence-electron chi connectivity index (χ3n) is 4.43. The van der Waals surface area contributed by atoms with Crippen LogP contribution in [0.15, 0.2) is 36.4 Å². The summed E-state index contributed by atoms with van der Waals surface area (Å²) in [5.74, 6) is 0. The van der Waals surface area contributed by atoms with Crippen LogP contribution in [-0.2, 0) is 12.8 Å². The quantitative estimate of drug-likeness (QED) is 0.896. The molecule has 106 valence electrons. The number of hydrogen-bond acceptors (Lipinski definition) is 1. The molecule has 0 saturated heterocycles. The molecule has 2 aromatic rings. The second-order valence-electron chi connectivity index (χ2n) is 6.00. The van der Waals surface area contributed by atoms with E-state index in [4.69, 9.17) is 0 Å². The lowest BCUT2D eigenvalue weighted by Crippen LogP contribution is -2.16. The van der Waals surface area contributed by atoms with Crippen molar-refractivity contribution in [3.8, 4) is 0 Å². The van der Waals surface area contributed by atoms with Crippen molar-refractivity contribution in [2.45, 2.75) is 51.7 Å². The molecule has 1 aromatic heterocycles. The van der Waals surface area contributed by atoms with Gasteiger partial charge in [0.25, 0.3) is 0 Å². The van der Waals surface area contributed by atoms with Crippen molar-refractivity contribution in [1.82, 2.24) is 4.57 Å². The average molecular weight is 269 g/mol. The number of aliphatic hydroxyl groups is 1. The van der Waals surface area contributed by atoms with Gasteiger partial charge in [0.05, 0.1) is 6.10 Å². The number of aromatic nitrogens is 1. The SMILES string of the molecule is Cc1cc2c(n1C(C)Cc1ccccc1)CCCC2O. The minimum atomic E-state index is -0.261. The second kappa shape index (κ2) is 5.45. The Hall–Kier alpha value is -1.54. The maximum absolute atomic E-state index is 10.2. The van der Waals surface area contributed by atoms with Crippen LogP contribution in [0.3, 0.4) is 0 Å². The van der Waals surface area contributed by atoms with Crippen LogP contribution in [0.2, 0.25) is 0 Å². The molecule has 0 amide bonds. The highest BCUT2D eigenvalue weighted by Gasteiger charge is 2.24. The molecular weight excluding hydrogens is 246 g/mol. The molecule has 0 radical (unpaired) electrons. The summed E-state index contributed by atoms with van der Waals surface area (Å²) in [7, 11) is 0. The van der Waals surface area contributed by atoms with Crippen LogP contribution in [0.25, 0.3) is 0 Å². The van der Waals surface area contributed by atoms with Crippen LogP contribution in [-0.4, -0.2) is 9.67 Å². The zero-order valence-corrected chi connectivity index (χ0v) is 12.3. The van der Waals surface area contributed by atoms with E-state index >= 15 is 0 Å². The number of nitrogens with zero attached hydrogens (tertiary/aromatic N) is 1. The van der Waals surface area contributed by atoms with Crippen molar-refractivity contribution >= 4 is 0 Å². The molecule has 2 unspecified atom stereocenters. The predicted molar refractivity (Wildman–Crippen MR) is 81.9 cm³/mol. The minimum absolute atomic E-state index is 0.261. The molecular formula is C18H23NO. The van der Waals surface area contributed by atoms with E-state index in [0.29, 0.717) is 6.04 Å². The summed E-state index contributed by atoms with van der Waals surface area (Å²) in [6.45, 7) is 4.44. The van der Waals surface area contributed by atoms with Crippen molar-refractivity contribution in [1.29, 1.82) is 0 Å². The molecule has 0 bridgehead atoms. The number of aryl methyl sites for hydroxylation is 1. The van der Waals surface area contributed by atoms with Crippen LogP contribution < -0.4 is 0 Å². The Morgan fingerprint density at radius 3 is 2.80 bits per heavy atom. The summed E-state index contributed by atoms with van der Waals surface area (Å²) in [5, 5.41) is 10.2. The third kappa shape index (κ3) is 2.40. The number of benzene rings is 1. The molecule has 1 N–H and O–H groups in total. The number of fused-ring (bicyclic) bond motifs is 1. The first kappa shape index (κ1) is 13.4. The smallest absolute Gasteiger partial charge is 0.0807 e. The molecule has 20 heavy (non-hydrogen) atoms. The Kier molecular flexibility index (Phi) is 3.66. The molecule has 2 heteroatoms. The van der Waals surface area contributed by atoms with Crippen LogP contribution >= 0.6 is 0 Å². The first-order chi connectivity index (χ1) is 9.66. The van der Waals surface area contributed by atoms with Gasteiger partial charge in [-0.1, -0.05) is 30.3 Å². The van der Waals surface area contributed by atoms with Crippen molar-refractivity contribution < 1.29 is 5.11 Å². The fraction of sp³-hybridized carbons (Fsp3) is 0.444. The Labute approximate surface area is 121 Å². The highest BCUT2D eigenvalue weighted by atomic mass is 16.3. The van der Waals surface area contributed by atoms with E-state index in [-0.39, 0.29) is 6.10 Å². The largest absolute Gasteiger partial charge is 0.388 e. The second-order valence-corrected chi connectivity index (χ2v) is 6.00. The lowest BCUT2D eigenvalue weighted by Gasteiger charge is -2.24. The molecule has 0 spiro atoms. The van der Waals surface area contributed by atoms with E-state index in [1.54, 1.807) is 0 Å². The molecule has 0 saturated carbocycles. The molecule has 3 rings (SSSR count). The molecule has 1 aliphatic carbocycles. The number of aliphatic hydroxyl groups excluding tert-OH is 1. The molecule has 2 nitrogen and oxygen atoms in total. The van der Waals surface area contributed by atoms with Gasteiger partial charge in [0, 0.05) is 23.0 Å². The third-order valence-corrected chi connectivity index (χ3v) is 4.43. The fourth-order valence-corrected chi connectivity index (χ4v) is 3.56. The topological polar surface area (TPSA) is 25.2 Å². The van der Waals surface area contributed by atoms with Gasteiger partial charge < -0.3 is 9.67 Å². The molecule has 1 aliphatic rings. The summed E-state index contributed by atoms with van der Waals surface area (Å²) in [6, 6.07) is 13.3. The Morgan fingerprint density at radius 2 is 2.05 bits per heavy atom. The van der Waals surface area contributed by atoms with Crippen molar-refractivity contribution in [3.05, 3.63) is 58.9 Å². The summed E-state index contributed by atoms with van der Waals surface area (Å²) >= 11 is 0. The lowest BCUT2D eigenvalue weighted by atomic mass is 9.95. The van der Waals surface area contributed by atoms with E-state index in [0.717, 1.165) is 31.2 Å². The normalized spacial score (nSPS) is 19.6. The first-order valence-electron chi connectivity index (χ1n) is 7.59. The van der Waals surface area contributed by atoms with Gasteiger partial charge in [0.1, 0.15) is 0 Å². The van der Waals surface area contributed by atoms with Crippen molar-refractivity contribution in [3.63, 3.8) is 0 Å². The highest BCUT2D eigenvalue weighted by Crippen LogP contribution is 2.34. The Morgan fingerprint density at radius 1 is 1.30 bits per heavy atom. The van der Waals surface area contributed by atoms with Gasteiger partial charge in [-0.05, 0) is 51.2 Å². The van der Waals surface area contributed by atoms with Gasteiger partial charge >= 0.3 is 0 Å². The van der Waals surface area contributed by atoms with Crippen molar-refractivity contribution in [2.24, 2.45) is 0 Å². The zero-order valence-electron chi connectivity index (χ0n) is 12.3. The van der Waals surface area contributed by atoms with Crippen molar-refractivity contribution in [2.75, 3.05) is 0 Å². The van der Waals surface area contributed by atoms with Gasteiger partial charge in [-0.25, -0.2) is 0 Å². The number of hydrogen-bond donors (Lipinski definition) is 1. The number of rotatable bonds is 3. The van der Waals surface area contributed by atoms with Gasteiger partial charge in [-0.2, -0.15) is 0 Å². The van der Waals surface area contributed by atoms with E-state index in [9.17, 15) is 5.11 Å². The lowest BCUT2D eigenvalue weighted by molar-refractivity contribution is 0.155. The Balaban J connectivity index is 1.90. The molecule has 1 aromatic carbocycles. The van der Waals surface area contributed by atoms with Crippen LogP contribution in [0.1, 0.15) is 54.4 Å². The summed E-state index contributed by atoms with van der Waals surface area (Å²) in [4.78, 5) is 0. The molecule has 2 atom stereocenters. The average Bonchev–Trinajstić information content (AvgIpc) is 2.78. The monoisotopic (exact) mass is 269 g/mol. The minimum Gasteiger partial charge on any atom is -0.388 e. The molecule has 0 fully saturated rings. The summed E-state index contributed by atoms with van der Waals surface area (Å²) < 4.78 is 2.44. The van der Waals surface area contributed by atoms with E-state index in [2.05, 4.69) is 54.8 Å². The highest BCUT2D eigenvalue weighted by molar-refractivity contribution is 5.32.